The van der Waals surface area contributed by atoms with Gasteiger partial charge in [-0.2, -0.15) is 9.97 Å². The van der Waals surface area contributed by atoms with Crippen molar-refractivity contribution in [2.75, 3.05) is 24.5 Å². The molecule has 10 heteroatoms. The van der Waals surface area contributed by atoms with Crippen LogP contribution in [0, 0.1) is 11.7 Å². The van der Waals surface area contributed by atoms with Crippen LogP contribution >= 0.6 is 11.6 Å². The van der Waals surface area contributed by atoms with Gasteiger partial charge in [-0.05, 0) is 43.1 Å². The van der Waals surface area contributed by atoms with Gasteiger partial charge >= 0.3 is 6.01 Å². The Hall–Kier alpha value is -3.11. The summed E-state index contributed by atoms with van der Waals surface area (Å²) in [6.07, 6.45) is 6.82. The Morgan fingerprint density at radius 2 is 1.82 bits per heavy atom. The van der Waals surface area contributed by atoms with Gasteiger partial charge < -0.3 is 15.0 Å². The first-order valence-corrected chi connectivity index (χ1v) is 14.7. The molecule has 0 amide bonds. The molecule has 5 unspecified atom stereocenters. The molecule has 8 rings (SSSR count). The van der Waals surface area contributed by atoms with E-state index < -0.39 is 5.82 Å². The van der Waals surface area contributed by atoms with Gasteiger partial charge in [0.05, 0.1) is 5.39 Å². The first kappa shape index (κ1) is 24.7. The van der Waals surface area contributed by atoms with Crippen molar-refractivity contribution in [3.05, 3.63) is 53.4 Å². The van der Waals surface area contributed by atoms with Crippen LogP contribution in [-0.4, -0.2) is 58.8 Å². The SMILES string of the molecule is Fc1c(-c2cccc3cccc(Cl)c23)ncc2c(N3CC4CCC(C3)N4)nc(OC3CCC4CNNC4C3)nc12. The fraction of sp³-hybridized carbons (Fsp3) is 0.433. The van der Waals surface area contributed by atoms with E-state index in [1.807, 2.05) is 36.4 Å². The molecule has 3 saturated heterocycles. The number of ether oxygens (including phenoxy) is 1. The number of aromatic nitrogens is 3. The summed E-state index contributed by atoms with van der Waals surface area (Å²) < 4.78 is 23.0. The van der Waals surface area contributed by atoms with E-state index in [-0.39, 0.29) is 23.3 Å². The fourth-order valence-corrected chi connectivity index (χ4v) is 7.44. The van der Waals surface area contributed by atoms with E-state index in [2.05, 4.69) is 26.1 Å². The van der Waals surface area contributed by atoms with Gasteiger partial charge in [-0.3, -0.25) is 15.8 Å². The largest absolute Gasteiger partial charge is 0.460 e. The van der Waals surface area contributed by atoms with Gasteiger partial charge in [-0.15, -0.1) is 0 Å². The van der Waals surface area contributed by atoms with Crippen molar-refractivity contribution in [2.45, 2.75) is 56.3 Å². The molecule has 0 radical (unpaired) electrons. The molecule has 5 atom stereocenters. The molecule has 1 aliphatic carbocycles. The summed E-state index contributed by atoms with van der Waals surface area (Å²) in [5.41, 5.74) is 7.74. The normalized spacial score (nSPS) is 27.9. The number of piperazine rings is 1. The molecule has 3 aliphatic heterocycles. The van der Waals surface area contributed by atoms with Gasteiger partial charge in [0.2, 0.25) is 0 Å². The molecule has 4 aromatic rings. The maximum Gasteiger partial charge on any atom is 0.319 e. The highest BCUT2D eigenvalue weighted by Crippen LogP contribution is 2.38. The molecule has 2 aromatic heterocycles. The number of pyridine rings is 1. The maximum absolute atomic E-state index is 16.6. The Kier molecular flexibility index (Phi) is 6.02. The molecule has 8 nitrogen and oxygen atoms in total. The average molecular weight is 560 g/mol. The number of nitrogens with one attached hydrogen (secondary N) is 3. The highest BCUT2D eigenvalue weighted by atomic mass is 35.5. The zero-order valence-electron chi connectivity index (χ0n) is 22.0. The van der Waals surface area contributed by atoms with E-state index in [9.17, 15) is 0 Å². The van der Waals surface area contributed by atoms with Gasteiger partial charge in [0.25, 0.3) is 0 Å². The summed E-state index contributed by atoms with van der Waals surface area (Å²) in [6, 6.07) is 12.8. The number of anilines is 1. The molecule has 1 saturated carbocycles. The summed E-state index contributed by atoms with van der Waals surface area (Å²) in [5.74, 6) is 0.825. The van der Waals surface area contributed by atoms with Crippen LogP contribution in [0.3, 0.4) is 0 Å². The Morgan fingerprint density at radius 1 is 1.00 bits per heavy atom. The minimum atomic E-state index is -0.484. The third-order valence-electron chi connectivity index (χ3n) is 9.14. The predicted molar refractivity (Wildman–Crippen MR) is 154 cm³/mol. The molecule has 5 heterocycles. The Balaban J connectivity index is 1.24. The van der Waals surface area contributed by atoms with Gasteiger partial charge in [-0.1, -0.05) is 41.9 Å². The summed E-state index contributed by atoms with van der Waals surface area (Å²) in [4.78, 5) is 16.5. The summed E-state index contributed by atoms with van der Waals surface area (Å²) in [6.45, 7) is 2.61. The second-order valence-electron chi connectivity index (χ2n) is 11.6. The van der Waals surface area contributed by atoms with Crippen molar-refractivity contribution < 1.29 is 9.13 Å². The molecule has 2 aromatic carbocycles. The van der Waals surface area contributed by atoms with Crippen molar-refractivity contribution in [1.82, 2.24) is 31.1 Å². The lowest BCUT2D eigenvalue weighted by atomic mass is 9.84. The van der Waals surface area contributed by atoms with E-state index >= 15 is 4.39 Å². The standard InChI is InChI=1S/C30H31ClFN7O/c31-23-6-2-4-16-3-1-5-21(25(16)23)27-26(32)28-22(13-33-27)29(39-14-18-8-9-19(15-39)35-18)37-30(36-28)40-20-10-7-17-12-34-38-24(17)11-20/h1-6,13,17-20,24,34-35,38H,7-12,14-15H2. The molecular formula is C30H31ClFN7O. The van der Waals surface area contributed by atoms with Crippen molar-refractivity contribution in [3.8, 4) is 17.3 Å². The number of nitrogens with zero attached hydrogens (tertiary/aromatic N) is 4. The second kappa shape index (κ2) is 9.76. The molecule has 4 fully saturated rings. The van der Waals surface area contributed by atoms with E-state index in [0.29, 0.717) is 45.8 Å². The number of fused-ring (bicyclic) bond motifs is 5. The van der Waals surface area contributed by atoms with E-state index in [0.717, 1.165) is 62.5 Å². The van der Waals surface area contributed by atoms with Crippen molar-refractivity contribution in [3.63, 3.8) is 0 Å². The Labute approximate surface area is 236 Å². The first-order chi connectivity index (χ1) is 19.6. The second-order valence-corrected chi connectivity index (χ2v) is 12.1. The lowest BCUT2D eigenvalue weighted by Crippen LogP contribution is -2.51. The number of rotatable bonds is 4. The van der Waals surface area contributed by atoms with E-state index in [1.54, 1.807) is 6.20 Å². The maximum atomic E-state index is 16.6. The van der Waals surface area contributed by atoms with Crippen LogP contribution in [0.1, 0.15) is 32.1 Å². The molecule has 3 N–H and O–H groups in total. The van der Waals surface area contributed by atoms with Crippen LogP contribution in [0.2, 0.25) is 5.02 Å². The van der Waals surface area contributed by atoms with Gasteiger partial charge in [0.1, 0.15) is 23.1 Å². The molecular weight excluding hydrogens is 529 g/mol. The predicted octanol–water partition coefficient (Wildman–Crippen LogP) is 4.60. The molecule has 2 bridgehead atoms. The van der Waals surface area contributed by atoms with Crippen molar-refractivity contribution >= 4 is 39.1 Å². The van der Waals surface area contributed by atoms with Crippen LogP contribution in [0.4, 0.5) is 10.2 Å². The van der Waals surface area contributed by atoms with Gasteiger partial charge in [-0.25, -0.2) is 4.39 Å². The number of benzene rings is 2. The van der Waals surface area contributed by atoms with Crippen LogP contribution < -0.4 is 25.8 Å². The quantitative estimate of drug-likeness (QED) is 0.334. The van der Waals surface area contributed by atoms with Gasteiger partial charge in [0.15, 0.2) is 5.82 Å². The average Bonchev–Trinajstić information content (AvgIpc) is 3.58. The van der Waals surface area contributed by atoms with Gasteiger partial charge in [0, 0.05) is 66.3 Å². The molecule has 40 heavy (non-hydrogen) atoms. The number of hydrazine groups is 1. The third kappa shape index (κ3) is 4.18. The highest BCUT2D eigenvalue weighted by Gasteiger charge is 2.36. The van der Waals surface area contributed by atoms with E-state index in [4.69, 9.17) is 26.3 Å². The zero-order valence-corrected chi connectivity index (χ0v) is 22.8. The summed E-state index contributed by atoms with van der Waals surface area (Å²) in [5, 5.41) is 6.54. The summed E-state index contributed by atoms with van der Waals surface area (Å²) in [7, 11) is 0. The minimum absolute atomic E-state index is 0.0283. The number of halogens is 2. The van der Waals surface area contributed by atoms with Crippen LogP contribution in [-0.2, 0) is 0 Å². The van der Waals surface area contributed by atoms with Crippen LogP contribution in [0.15, 0.2) is 42.6 Å². The minimum Gasteiger partial charge on any atom is -0.460 e. The lowest BCUT2D eigenvalue weighted by Gasteiger charge is -2.34. The van der Waals surface area contributed by atoms with E-state index in [1.165, 1.54) is 0 Å². The summed E-state index contributed by atoms with van der Waals surface area (Å²) >= 11 is 6.60. The molecule has 4 aliphatic rings. The Morgan fingerprint density at radius 3 is 2.67 bits per heavy atom. The number of hydrogen-bond acceptors (Lipinski definition) is 8. The van der Waals surface area contributed by atoms with Crippen LogP contribution in [0.5, 0.6) is 6.01 Å². The monoisotopic (exact) mass is 559 g/mol. The molecule has 206 valence electrons. The zero-order chi connectivity index (χ0) is 26.8. The Bertz CT molecular complexity index is 1600. The molecule has 0 spiro atoms. The van der Waals surface area contributed by atoms with Crippen molar-refractivity contribution in [1.29, 1.82) is 0 Å². The third-order valence-corrected chi connectivity index (χ3v) is 9.45. The smallest absolute Gasteiger partial charge is 0.319 e. The number of hydrogen-bond donors (Lipinski definition) is 3. The topological polar surface area (TPSA) is 87.2 Å². The fourth-order valence-electron chi connectivity index (χ4n) is 7.16. The lowest BCUT2D eigenvalue weighted by molar-refractivity contribution is 0.112. The van der Waals surface area contributed by atoms with Crippen molar-refractivity contribution in [2.24, 2.45) is 5.92 Å². The van der Waals surface area contributed by atoms with Crippen LogP contribution in [0.25, 0.3) is 32.9 Å². The highest BCUT2D eigenvalue weighted by molar-refractivity contribution is 6.36. The first-order valence-electron chi connectivity index (χ1n) is 14.3.